The first-order valence-electron chi connectivity index (χ1n) is 8.69. The zero-order valence-corrected chi connectivity index (χ0v) is 17.1. The molecule has 0 N–H and O–H groups in total. The predicted octanol–water partition coefficient (Wildman–Crippen LogP) is 5.54. The summed E-state index contributed by atoms with van der Waals surface area (Å²) in [6.07, 6.45) is 6.18. The highest BCUT2D eigenvalue weighted by Crippen LogP contribution is 2.32. The third kappa shape index (κ3) is 4.19. The molecule has 0 spiro atoms. The molecule has 2 aromatic carbocycles. The van der Waals surface area contributed by atoms with Crippen LogP contribution in [-0.4, -0.2) is 27.0 Å². The van der Waals surface area contributed by atoms with Gasteiger partial charge in [-0.15, -0.1) is 0 Å². The van der Waals surface area contributed by atoms with Crippen molar-refractivity contribution in [2.45, 2.75) is 13.0 Å². The van der Waals surface area contributed by atoms with E-state index >= 15 is 0 Å². The monoisotopic (exact) mass is 430 g/mol. The number of carbonyl (C=O) groups excluding carboxylic acids is 1. The fourth-order valence-electron chi connectivity index (χ4n) is 2.89. The SMILES string of the molecule is O=C(c1cccc(Cl)c1)N(CCCn1ccnc1)c1nc2ccc(Cl)cc2s1. The average molecular weight is 431 g/mol. The molecular weight excluding hydrogens is 415 g/mol. The van der Waals surface area contributed by atoms with Crippen LogP contribution in [0.5, 0.6) is 0 Å². The van der Waals surface area contributed by atoms with Crippen LogP contribution < -0.4 is 4.90 Å². The summed E-state index contributed by atoms with van der Waals surface area (Å²) in [4.78, 5) is 23.6. The number of anilines is 1. The number of benzene rings is 2. The molecule has 0 bridgehead atoms. The molecule has 28 heavy (non-hydrogen) atoms. The Morgan fingerprint density at radius 1 is 1.14 bits per heavy atom. The molecule has 2 aromatic heterocycles. The maximum absolute atomic E-state index is 13.2. The molecule has 5 nitrogen and oxygen atoms in total. The Morgan fingerprint density at radius 2 is 2.00 bits per heavy atom. The van der Waals surface area contributed by atoms with Crippen molar-refractivity contribution in [2.75, 3.05) is 11.4 Å². The van der Waals surface area contributed by atoms with Gasteiger partial charge in [-0.1, -0.05) is 40.6 Å². The maximum Gasteiger partial charge on any atom is 0.260 e. The molecule has 2 heterocycles. The van der Waals surface area contributed by atoms with E-state index in [0.717, 1.165) is 23.2 Å². The van der Waals surface area contributed by atoms with Crippen LogP contribution in [0.4, 0.5) is 5.13 Å². The second-order valence-electron chi connectivity index (χ2n) is 6.23. The van der Waals surface area contributed by atoms with E-state index in [0.29, 0.717) is 27.3 Å². The Bertz CT molecular complexity index is 1110. The lowest BCUT2D eigenvalue weighted by atomic mass is 10.2. The van der Waals surface area contributed by atoms with E-state index in [2.05, 4.69) is 9.97 Å². The molecule has 8 heteroatoms. The van der Waals surface area contributed by atoms with E-state index in [4.69, 9.17) is 23.2 Å². The summed E-state index contributed by atoms with van der Waals surface area (Å²) in [6, 6.07) is 12.5. The first kappa shape index (κ1) is 18.9. The van der Waals surface area contributed by atoms with Crippen LogP contribution in [0.2, 0.25) is 10.0 Å². The van der Waals surface area contributed by atoms with Crippen molar-refractivity contribution in [1.82, 2.24) is 14.5 Å². The van der Waals surface area contributed by atoms with Crippen LogP contribution in [0.15, 0.2) is 61.2 Å². The van der Waals surface area contributed by atoms with E-state index in [9.17, 15) is 4.79 Å². The summed E-state index contributed by atoms with van der Waals surface area (Å²) in [5.41, 5.74) is 1.36. The summed E-state index contributed by atoms with van der Waals surface area (Å²) >= 11 is 13.6. The topological polar surface area (TPSA) is 51.0 Å². The van der Waals surface area contributed by atoms with Gasteiger partial charge in [-0.25, -0.2) is 9.97 Å². The van der Waals surface area contributed by atoms with Gasteiger partial charge in [0.2, 0.25) is 0 Å². The largest absolute Gasteiger partial charge is 0.337 e. The van der Waals surface area contributed by atoms with Crippen molar-refractivity contribution in [3.8, 4) is 0 Å². The van der Waals surface area contributed by atoms with Gasteiger partial charge in [-0.2, -0.15) is 0 Å². The fourth-order valence-corrected chi connectivity index (χ4v) is 4.35. The van der Waals surface area contributed by atoms with E-state index < -0.39 is 0 Å². The fraction of sp³-hybridized carbons (Fsp3) is 0.150. The number of halogens is 2. The molecule has 0 atom stereocenters. The van der Waals surface area contributed by atoms with Gasteiger partial charge in [0.15, 0.2) is 5.13 Å². The summed E-state index contributed by atoms with van der Waals surface area (Å²) < 4.78 is 2.93. The van der Waals surface area contributed by atoms with E-state index in [1.807, 2.05) is 22.9 Å². The van der Waals surface area contributed by atoms with Crippen molar-refractivity contribution >= 4 is 55.8 Å². The molecular formula is C20H16Cl2N4OS. The number of aromatic nitrogens is 3. The van der Waals surface area contributed by atoms with Gasteiger partial charge in [-0.05, 0) is 42.8 Å². The number of imidazole rings is 1. The van der Waals surface area contributed by atoms with Crippen molar-refractivity contribution in [3.05, 3.63) is 76.8 Å². The zero-order valence-electron chi connectivity index (χ0n) is 14.8. The Kier molecular flexibility index (Phi) is 5.62. The standard InChI is InChI=1S/C20H16Cl2N4OS/c21-15-4-1-3-14(11-15)19(27)26(9-2-8-25-10-7-23-13-25)20-24-17-6-5-16(22)12-18(17)28-20/h1,3-7,10-13H,2,8-9H2. The third-order valence-corrected chi connectivity index (χ3v) is 5.76. The van der Waals surface area contributed by atoms with Crippen LogP contribution in [0.1, 0.15) is 16.8 Å². The zero-order chi connectivity index (χ0) is 19.5. The average Bonchev–Trinajstić information content (AvgIpc) is 3.34. The summed E-state index contributed by atoms with van der Waals surface area (Å²) in [7, 11) is 0. The van der Waals surface area contributed by atoms with Gasteiger partial charge >= 0.3 is 0 Å². The molecule has 0 saturated heterocycles. The van der Waals surface area contributed by atoms with E-state index in [-0.39, 0.29) is 5.91 Å². The van der Waals surface area contributed by atoms with Gasteiger partial charge in [0.25, 0.3) is 5.91 Å². The van der Waals surface area contributed by atoms with Crippen molar-refractivity contribution in [1.29, 1.82) is 0 Å². The molecule has 1 amide bonds. The van der Waals surface area contributed by atoms with Crippen molar-refractivity contribution in [3.63, 3.8) is 0 Å². The van der Waals surface area contributed by atoms with Gasteiger partial charge in [0.1, 0.15) is 0 Å². The number of fused-ring (bicyclic) bond motifs is 1. The molecule has 0 saturated carbocycles. The minimum atomic E-state index is -0.127. The van der Waals surface area contributed by atoms with E-state index in [1.165, 1.54) is 11.3 Å². The van der Waals surface area contributed by atoms with Crippen LogP contribution in [0.25, 0.3) is 10.2 Å². The van der Waals surface area contributed by atoms with Gasteiger partial charge in [0.05, 0.1) is 16.5 Å². The quantitative estimate of drug-likeness (QED) is 0.403. The molecule has 142 valence electrons. The Hall–Kier alpha value is -2.41. The van der Waals surface area contributed by atoms with Crippen LogP contribution in [0, 0.1) is 0 Å². The number of aryl methyl sites for hydroxylation is 1. The van der Waals surface area contributed by atoms with Crippen molar-refractivity contribution < 1.29 is 4.79 Å². The second-order valence-corrected chi connectivity index (χ2v) is 8.11. The Labute approximate surface area is 176 Å². The van der Waals surface area contributed by atoms with Gasteiger partial charge in [-0.3, -0.25) is 9.69 Å². The highest BCUT2D eigenvalue weighted by molar-refractivity contribution is 7.22. The summed E-state index contributed by atoms with van der Waals surface area (Å²) in [5.74, 6) is -0.127. The lowest BCUT2D eigenvalue weighted by Crippen LogP contribution is -2.32. The highest BCUT2D eigenvalue weighted by Gasteiger charge is 2.21. The minimum absolute atomic E-state index is 0.127. The number of hydrogen-bond donors (Lipinski definition) is 0. The van der Waals surface area contributed by atoms with Crippen LogP contribution >= 0.6 is 34.5 Å². The maximum atomic E-state index is 13.2. The molecule has 0 aliphatic rings. The molecule has 0 aliphatic heterocycles. The summed E-state index contributed by atoms with van der Waals surface area (Å²) in [6.45, 7) is 1.28. The molecule has 4 aromatic rings. The Morgan fingerprint density at radius 3 is 2.79 bits per heavy atom. The van der Waals surface area contributed by atoms with Gasteiger partial charge in [0, 0.05) is 41.1 Å². The second kappa shape index (κ2) is 8.31. The number of thiazole rings is 1. The lowest BCUT2D eigenvalue weighted by molar-refractivity contribution is 0.0986. The number of rotatable bonds is 6. The smallest absolute Gasteiger partial charge is 0.260 e. The predicted molar refractivity (Wildman–Crippen MR) is 115 cm³/mol. The molecule has 0 fully saturated rings. The lowest BCUT2D eigenvalue weighted by Gasteiger charge is -2.20. The third-order valence-electron chi connectivity index (χ3n) is 4.24. The number of carbonyl (C=O) groups is 1. The first-order chi connectivity index (χ1) is 13.6. The summed E-state index contributed by atoms with van der Waals surface area (Å²) in [5, 5.41) is 1.82. The number of hydrogen-bond acceptors (Lipinski definition) is 4. The molecule has 0 unspecified atom stereocenters. The molecule has 4 rings (SSSR count). The van der Waals surface area contributed by atoms with E-state index in [1.54, 1.807) is 47.8 Å². The molecule has 0 aliphatic carbocycles. The van der Waals surface area contributed by atoms with Crippen molar-refractivity contribution in [2.24, 2.45) is 0 Å². The minimum Gasteiger partial charge on any atom is -0.337 e. The number of amides is 1. The number of nitrogens with zero attached hydrogens (tertiary/aromatic N) is 4. The van der Waals surface area contributed by atoms with Crippen LogP contribution in [0.3, 0.4) is 0 Å². The first-order valence-corrected chi connectivity index (χ1v) is 10.3. The highest BCUT2D eigenvalue weighted by atomic mass is 35.5. The normalized spacial score (nSPS) is 11.1. The Balaban J connectivity index is 1.63. The van der Waals surface area contributed by atoms with Crippen LogP contribution in [-0.2, 0) is 6.54 Å². The molecule has 0 radical (unpaired) electrons. The van der Waals surface area contributed by atoms with Gasteiger partial charge < -0.3 is 4.57 Å².